The molecule has 1 atom stereocenters. The van der Waals surface area contributed by atoms with Gasteiger partial charge in [0.05, 0.1) is 0 Å². The average Bonchev–Trinajstić information content (AvgIpc) is 2.32. The fraction of sp³-hybridized carbons (Fsp3) is 0.714. The minimum atomic E-state index is -0.498. The number of hydrogen-bond acceptors (Lipinski definition) is 3. The van der Waals surface area contributed by atoms with Crippen LogP contribution in [-0.2, 0) is 14.4 Å². The lowest BCUT2D eigenvalue weighted by Gasteiger charge is -2.10. The molecule has 12 heavy (non-hydrogen) atoms. The number of hydroxylamine groups is 2. The van der Waals surface area contributed by atoms with Crippen LogP contribution in [-0.4, -0.2) is 36.1 Å². The Bertz CT molecular complexity index is 205. The van der Waals surface area contributed by atoms with Gasteiger partial charge in [-0.25, -0.2) is 5.06 Å². The van der Waals surface area contributed by atoms with Gasteiger partial charge in [0.1, 0.15) is 12.6 Å². The van der Waals surface area contributed by atoms with E-state index in [1.165, 1.54) is 12.0 Å². The second-order valence-corrected chi connectivity index (χ2v) is 2.58. The van der Waals surface area contributed by atoms with Crippen LogP contribution < -0.4 is 5.32 Å². The second-order valence-electron chi connectivity index (χ2n) is 2.58. The molecular weight excluding hydrogens is 160 g/mol. The summed E-state index contributed by atoms with van der Waals surface area (Å²) in [5.74, 6) is -0.386. The fourth-order valence-corrected chi connectivity index (χ4v) is 1.07. The Kier molecular flexibility index (Phi) is 2.65. The Morgan fingerprint density at radius 3 is 2.92 bits per heavy atom. The van der Waals surface area contributed by atoms with Gasteiger partial charge in [0.25, 0.3) is 5.91 Å². The van der Waals surface area contributed by atoms with Crippen molar-refractivity contribution >= 4 is 11.8 Å². The van der Waals surface area contributed by atoms with E-state index >= 15 is 0 Å². The summed E-state index contributed by atoms with van der Waals surface area (Å²) < 4.78 is 0. The van der Waals surface area contributed by atoms with Crippen LogP contribution in [0.4, 0.5) is 0 Å². The van der Waals surface area contributed by atoms with E-state index in [9.17, 15) is 9.59 Å². The standard InChI is InChI=1S/C7H12N2O3/c1-3-9-7(11)6(4-12-9)8-5(2)10/h6H,3-4H2,1-2H3,(H,8,10)/t6-/m1/s1. The third-order valence-electron chi connectivity index (χ3n) is 1.61. The lowest BCUT2D eigenvalue weighted by molar-refractivity contribution is -0.160. The topological polar surface area (TPSA) is 58.6 Å². The number of rotatable bonds is 2. The zero-order valence-electron chi connectivity index (χ0n) is 7.16. The fourth-order valence-electron chi connectivity index (χ4n) is 1.07. The number of amides is 2. The molecule has 1 fully saturated rings. The van der Waals surface area contributed by atoms with Crippen LogP contribution in [0, 0.1) is 0 Å². The zero-order chi connectivity index (χ0) is 9.14. The Morgan fingerprint density at radius 2 is 2.50 bits per heavy atom. The predicted octanol–water partition coefficient (Wildman–Crippen LogP) is -0.715. The van der Waals surface area contributed by atoms with Crippen LogP contribution in [0.2, 0.25) is 0 Å². The van der Waals surface area contributed by atoms with E-state index < -0.39 is 6.04 Å². The third kappa shape index (κ3) is 1.73. The van der Waals surface area contributed by atoms with Gasteiger partial charge in [-0.2, -0.15) is 0 Å². The molecule has 1 rings (SSSR count). The highest BCUT2D eigenvalue weighted by molar-refractivity contribution is 5.87. The van der Waals surface area contributed by atoms with Crippen molar-refractivity contribution in [1.82, 2.24) is 10.4 Å². The van der Waals surface area contributed by atoms with Gasteiger partial charge in [0.2, 0.25) is 5.91 Å². The summed E-state index contributed by atoms with van der Waals surface area (Å²) in [7, 11) is 0. The minimum Gasteiger partial charge on any atom is -0.342 e. The third-order valence-corrected chi connectivity index (χ3v) is 1.61. The second kappa shape index (κ2) is 3.53. The molecule has 5 heteroatoms. The predicted molar refractivity (Wildman–Crippen MR) is 40.9 cm³/mol. The number of nitrogens with zero attached hydrogens (tertiary/aromatic N) is 1. The quantitative estimate of drug-likeness (QED) is 0.598. The van der Waals surface area contributed by atoms with E-state index in [1.54, 1.807) is 0 Å². The molecule has 0 unspecified atom stereocenters. The van der Waals surface area contributed by atoms with Crippen LogP contribution in [0.15, 0.2) is 0 Å². The molecule has 0 aliphatic carbocycles. The molecule has 0 spiro atoms. The van der Waals surface area contributed by atoms with Crippen LogP contribution in [0.3, 0.4) is 0 Å². The van der Waals surface area contributed by atoms with Gasteiger partial charge in [0, 0.05) is 13.5 Å². The SMILES string of the molecule is CCN1OC[C@@H](NC(C)=O)C1=O. The Morgan fingerprint density at radius 1 is 1.83 bits per heavy atom. The van der Waals surface area contributed by atoms with Crippen LogP contribution >= 0.6 is 0 Å². The lowest BCUT2D eigenvalue weighted by atomic mass is 10.3. The molecule has 1 aliphatic heterocycles. The highest BCUT2D eigenvalue weighted by Crippen LogP contribution is 2.06. The van der Waals surface area contributed by atoms with Gasteiger partial charge in [-0.1, -0.05) is 0 Å². The monoisotopic (exact) mass is 172 g/mol. The van der Waals surface area contributed by atoms with Gasteiger partial charge >= 0.3 is 0 Å². The smallest absolute Gasteiger partial charge is 0.271 e. The van der Waals surface area contributed by atoms with E-state index in [1.807, 2.05) is 6.92 Å². The van der Waals surface area contributed by atoms with Crippen molar-refractivity contribution in [2.24, 2.45) is 0 Å². The highest BCUT2D eigenvalue weighted by atomic mass is 16.7. The summed E-state index contributed by atoms with van der Waals surface area (Å²) in [5.41, 5.74) is 0. The van der Waals surface area contributed by atoms with Crippen LogP contribution in [0.1, 0.15) is 13.8 Å². The van der Waals surface area contributed by atoms with E-state index in [4.69, 9.17) is 4.84 Å². The van der Waals surface area contributed by atoms with E-state index in [0.717, 1.165) is 0 Å². The lowest BCUT2D eigenvalue weighted by Crippen LogP contribution is -2.41. The largest absolute Gasteiger partial charge is 0.342 e. The first-order chi connectivity index (χ1) is 5.65. The van der Waals surface area contributed by atoms with Crippen molar-refractivity contribution in [2.75, 3.05) is 13.2 Å². The van der Waals surface area contributed by atoms with Crippen molar-refractivity contribution in [3.8, 4) is 0 Å². The summed E-state index contributed by atoms with van der Waals surface area (Å²) in [6.07, 6.45) is 0. The molecule has 0 radical (unpaired) electrons. The normalized spacial score (nSPS) is 23.0. The maximum atomic E-state index is 11.3. The molecular formula is C7H12N2O3. The molecule has 1 N–H and O–H groups in total. The van der Waals surface area contributed by atoms with Gasteiger partial charge in [-0.15, -0.1) is 0 Å². The van der Waals surface area contributed by atoms with Crippen LogP contribution in [0.5, 0.6) is 0 Å². The zero-order valence-corrected chi connectivity index (χ0v) is 7.16. The molecule has 0 saturated carbocycles. The molecule has 1 aliphatic rings. The first-order valence-corrected chi connectivity index (χ1v) is 3.86. The molecule has 0 bridgehead atoms. The summed E-state index contributed by atoms with van der Waals surface area (Å²) in [6.45, 7) is 3.94. The molecule has 0 aromatic heterocycles. The number of likely N-dealkylation sites (N-methyl/N-ethyl adjacent to an activating group) is 1. The van der Waals surface area contributed by atoms with E-state index in [2.05, 4.69) is 5.32 Å². The number of carbonyl (C=O) groups is 2. The van der Waals surface area contributed by atoms with Crippen molar-refractivity contribution in [2.45, 2.75) is 19.9 Å². The summed E-state index contributed by atoms with van der Waals surface area (Å²) in [4.78, 5) is 26.9. The van der Waals surface area contributed by atoms with Crippen molar-refractivity contribution in [3.63, 3.8) is 0 Å². The molecule has 1 heterocycles. The highest BCUT2D eigenvalue weighted by Gasteiger charge is 2.32. The molecule has 2 amide bonds. The van der Waals surface area contributed by atoms with E-state index in [0.29, 0.717) is 6.54 Å². The molecule has 0 aromatic rings. The maximum Gasteiger partial charge on any atom is 0.271 e. The number of nitrogens with one attached hydrogen (secondary N) is 1. The number of hydrogen-bond donors (Lipinski definition) is 1. The van der Waals surface area contributed by atoms with Crippen molar-refractivity contribution in [3.05, 3.63) is 0 Å². The van der Waals surface area contributed by atoms with Gasteiger partial charge in [-0.05, 0) is 6.92 Å². The summed E-state index contributed by atoms with van der Waals surface area (Å²) in [6, 6.07) is -0.498. The summed E-state index contributed by atoms with van der Waals surface area (Å²) in [5, 5.41) is 3.75. The van der Waals surface area contributed by atoms with E-state index in [-0.39, 0.29) is 18.4 Å². The Hall–Kier alpha value is -1.10. The average molecular weight is 172 g/mol. The molecule has 5 nitrogen and oxygen atoms in total. The van der Waals surface area contributed by atoms with Crippen molar-refractivity contribution in [1.29, 1.82) is 0 Å². The number of carbonyl (C=O) groups excluding carboxylic acids is 2. The minimum absolute atomic E-state index is 0.173. The Labute approximate surface area is 70.6 Å². The molecule has 1 saturated heterocycles. The molecule has 0 aromatic carbocycles. The van der Waals surface area contributed by atoms with Gasteiger partial charge in [-0.3, -0.25) is 14.4 Å². The van der Waals surface area contributed by atoms with Gasteiger partial charge < -0.3 is 5.32 Å². The first kappa shape index (κ1) is 8.99. The van der Waals surface area contributed by atoms with Crippen LogP contribution in [0.25, 0.3) is 0 Å². The van der Waals surface area contributed by atoms with Gasteiger partial charge in [0.15, 0.2) is 0 Å². The molecule has 68 valence electrons. The summed E-state index contributed by atoms with van der Waals surface area (Å²) >= 11 is 0. The first-order valence-electron chi connectivity index (χ1n) is 3.86. The maximum absolute atomic E-state index is 11.3. The Balaban J connectivity index is 2.49. The van der Waals surface area contributed by atoms with Crippen molar-refractivity contribution < 1.29 is 14.4 Å².